The van der Waals surface area contributed by atoms with Gasteiger partial charge in [0.25, 0.3) is 5.56 Å². The first kappa shape index (κ1) is 29.8. The first-order chi connectivity index (χ1) is 18.2. The number of nitrogens with one attached hydrogen (secondary N) is 1. The van der Waals surface area contributed by atoms with Crippen LogP contribution >= 0.6 is 0 Å². The Bertz CT molecular complexity index is 1680. The summed E-state index contributed by atoms with van der Waals surface area (Å²) in [5, 5.41) is 19.3. The van der Waals surface area contributed by atoms with Gasteiger partial charge < -0.3 is 0 Å². The van der Waals surface area contributed by atoms with Crippen molar-refractivity contribution < 1.29 is 57.5 Å². The van der Waals surface area contributed by atoms with E-state index in [4.69, 9.17) is 10.5 Å². The molecule has 0 amide bonds. The first-order valence-corrected chi connectivity index (χ1v) is 9.95. The molecular formula is C22H6F12N4O2. The van der Waals surface area contributed by atoms with E-state index in [9.17, 15) is 62.3 Å². The van der Waals surface area contributed by atoms with Crippen LogP contribution in [0.1, 0.15) is 49.4 Å². The number of carbonyl (C=O) groups excluding carboxylic acids is 1. The summed E-state index contributed by atoms with van der Waals surface area (Å²) in [4.78, 5) is 25.8. The van der Waals surface area contributed by atoms with Gasteiger partial charge in [-0.05, 0) is 19.1 Å². The van der Waals surface area contributed by atoms with Gasteiger partial charge in [-0.1, -0.05) is 0 Å². The van der Waals surface area contributed by atoms with Crippen LogP contribution in [-0.2, 0) is 18.5 Å². The van der Waals surface area contributed by atoms with Gasteiger partial charge in [0.15, 0.2) is 17.5 Å². The van der Waals surface area contributed by atoms with Crippen molar-refractivity contribution in [3.63, 3.8) is 0 Å². The number of H-pyrrole nitrogens is 1. The normalized spacial score (nSPS) is 12.3. The number of aromatic amines is 1. The van der Waals surface area contributed by atoms with Crippen LogP contribution in [0.3, 0.4) is 0 Å². The molecule has 3 aromatic rings. The topological polar surface area (TPSA) is 102 Å². The summed E-state index contributed by atoms with van der Waals surface area (Å²) in [6, 6.07) is 0.908. The molecule has 2 aromatic carbocycles. The Kier molecular flexibility index (Phi) is 7.06. The molecule has 0 spiro atoms. The molecule has 0 radical (unpaired) electrons. The number of ketones is 1. The third-order valence-electron chi connectivity index (χ3n) is 5.34. The number of hydrogen-bond acceptors (Lipinski definition) is 4. The molecule has 1 heterocycles. The second kappa shape index (κ2) is 9.47. The number of rotatable bonds is 3. The fraction of sp³-hybridized carbons (Fsp3) is 0.182. The number of alkyl halides is 9. The highest BCUT2D eigenvalue weighted by molar-refractivity contribution is 6.10. The maximum atomic E-state index is 14.8. The highest BCUT2D eigenvalue weighted by Crippen LogP contribution is 2.41. The Morgan fingerprint density at radius 2 is 1.27 bits per heavy atom. The molecule has 18 heteroatoms. The Labute approximate surface area is 212 Å². The number of nitrogens with zero attached hydrogens (tertiary/aromatic N) is 3. The highest BCUT2D eigenvalue weighted by Gasteiger charge is 2.44. The summed E-state index contributed by atoms with van der Waals surface area (Å²) < 4.78 is 164. The molecule has 0 unspecified atom stereocenters. The van der Waals surface area contributed by atoms with E-state index in [0.29, 0.717) is 6.07 Å². The van der Waals surface area contributed by atoms with Crippen LogP contribution < -0.4 is 5.56 Å². The van der Waals surface area contributed by atoms with Crippen LogP contribution in [0.2, 0.25) is 0 Å². The van der Waals surface area contributed by atoms with E-state index in [-0.39, 0.29) is 12.1 Å². The number of halogens is 12. The van der Waals surface area contributed by atoms with Gasteiger partial charge in [-0.25, -0.2) is 17.9 Å². The molecular weight excluding hydrogens is 580 g/mol. The van der Waals surface area contributed by atoms with Gasteiger partial charge in [0.1, 0.15) is 34.5 Å². The molecule has 3 rings (SSSR count). The van der Waals surface area contributed by atoms with E-state index in [2.05, 4.69) is 0 Å². The molecule has 0 saturated carbocycles. The smallest absolute Gasteiger partial charge is 0.294 e. The van der Waals surface area contributed by atoms with Crippen LogP contribution in [0.25, 0.3) is 5.69 Å². The second-order valence-electron chi connectivity index (χ2n) is 7.79. The Morgan fingerprint density at radius 1 is 0.800 bits per heavy atom. The maximum Gasteiger partial charge on any atom is 0.420 e. The number of aromatic nitrogens is 2. The number of benzene rings is 2. The largest absolute Gasteiger partial charge is 0.420 e. The summed E-state index contributed by atoms with van der Waals surface area (Å²) >= 11 is 0. The van der Waals surface area contributed by atoms with Gasteiger partial charge in [-0.15, -0.1) is 0 Å². The minimum atomic E-state index is -5.83. The molecule has 40 heavy (non-hydrogen) atoms. The fourth-order valence-electron chi connectivity index (χ4n) is 3.67. The standard InChI is InChI=1S/C22H6F12N4O2/c1-6-12(18(39)7-2-10(20(26,27)28)8(4-35)11(3-7)21(29,30)31)19(40)38(37-6)17-15(24)13(22(32,33)34)9(5-36)14(23)16(17)25/h2-3,37H,1H3. The van der Waals surface area contributed by atoms with E-state index in [1.165, 1.54) is 0 Å². The highest BCUT2D eigenvalue weighted by atomic mass is 19.4. The molecule has 0 aliphatic heterocycles. The molecule has 0 aliphatic rings. The van der Waals surface area contributed by atoms with Crippen molar-refractivity contribution in [2.45, 2.75) is 25.5 Å². The van der Waals surface area contributed by atoms with Crippen molar-refractivity contribution in [1.82, 2.24) is 9.78 Å². The number of nitriles is 2. The molecule has 0 aliphatic carbocycles. The van der Waals surface area contributed by atoms with Crippen LogP contribution in [0, 0.1) is 47.0 Å². The summed E-state index contributed by atoms with van der Waals surface area (Å²) in [7, 11) is 0. The van der Waals surface area contributed by atoms with E-state index in [0.717, 1.165) is 13.0 Å². The van der Waals surface area contributed by atoms with Gasteiger partial charge in [0, 0.05) is 11.3 Å². The molecule has 0 bridgehead atoms. The van der Waals surface area contributed by atoms with Gasteiger partial charge in [0.2, 0.25) is 5.78 Å². The molecule has 210 valence electrons. The molecule has 0 saturated heterocycles. The van der Waals surface area contributed by atoms with Crippen molar-refractivity contribution in [3.05, 3.63) is 84.6 Å². The SMILES string of the molecule is Cc1[nH]n(-c2c(F)c(F)c(C#N)c(C(F)(F)F)c2F)c(=O)c1C(=O)c1cc(C(F)(F)F)c(C#N)c(C(F)(F)F)c1. The van der Waals surface area contributed by atoms with Crippen molar-refractivity contribution >= 4 is 5.78 Å². The zero-order valence-corrected chi connectivity index (χ0v) is 18.8. The Morgan fingerprint density at radius 3 is 1.68 bits per heavy atom. The van der Waals surface area contributed by atoms with Crippen LogP contribution in [-0.4, -0.2) is 15.6 Å². The third kappa shape index (κ3) is 4.76. The molecule has 1 aromatic heterocycles. The van der Waals surface area contributed by atoms with E-state index < -0.39 is 102 Å². The lowest BCUT2D eigenvalue weighted by atomic mass is 9.93. The average molecular weight is 586 g/mol. The van der Waals surface area contributed by atoms with E-state index in [1.54, 1.807) is 5.10 Å². The van der Waals surface area contributed by atoms with E-state index >= 15 is 0 Å². The zero-order valence-electron chi connectivity index (χ0n) is 18.8. The van der Waals surface area contributed by atoms with Gasteiger partial charge in [-0.2, -0.15) is 50.0 Å². The lowest BCUT2D eigenvalue weighted by molar-refractivity contribution is -0.143. The van der Waals surface area contributed by atoms with Crippen LogP contribution in [0.15, 0.2) is 16.9 Å². The van der Waals surface area contributed by atoms with Gasteiger partial charge >= 0.3 is 18.5 Å². The Hall–Kier alpha value is -4.74. The zero-order chi connectivity index (χ0) is 30.7. The maximum absolute atomic E-state index is 14.8. The van der Waals surface area contributed by atoms with Crippen molar-refractivity contribution in [2.24, 2.45) is 0 Å². The number of carbonyl (C=O) groups is 1. The first-order valence-electron chi connectivity index (χ1n) is 9.95. The fourth-order valence-corrected chi connectivity index (χ4v) is 3.67. The minimum absolute atomic E-state index is 0.212. The molecule has 1 N–H and O–H groups in total. The Balaban J connectivity index is 2.38. The third-order valence-corrected chi connectivity index (χ3v) is 5.34. The average Bonchev–Trinajstić information content (AvgIpc) is 3.11. The second-order valence-corrected chi connectivity index (χ2v) is 7.79. The van der Waals surface area contributed by atoms with Gasteiger partial charge in [-0.3, -0.25) is 14.7 Å². The molecule has 0 atom stereocenters. The summed E-state index contributed by atoms with van der Waals surface area (Å²) in [6.07, 6.45) is -17.1. The van der Waals surface area contributed by atoms with Gasteiger partial charge in [0.05, 0.1) is 16.7 Å². The van der Waals surface area contributed by atoms with Crippen LogP contribution in [0.4, 0.5) is 52.7 Å². The van der Waals surface area contributed by atoms with Crippen molar-refractivity contribution in [1.29, 1.82) is 10.5 Å². The van der Waals surface area contributed by atoms with Crippen molar-refractivity contribution in [2.75, 3.05) is 0 Å². The summed E-state index contributed by atoms with van der Waals surface area (Å²) in [6.45, 7) is 0.727. The monoisotopic (exact) mass is 586 g/mol. The number of aryl methyl sites for hydroxylation is 1. The number of hydrogen-bond donors (Lipinski definition) is 1. The minimum Gasteiger partial charge on any atom is -0.294 e. The molecule has 0 fully saturated rings. The lowest BCUT2D eigenvalue weighted by Gasteiger charge is -2.16. The van der Waals surface area contributed by atoms with Crippen LogP contribution in [0.5, 0.6) is 0 Å². The predicted molar refractivity (Wildman–Crippen MR) is 105 cm³/mol. The summed E-state index contributed by atoms with van der Waals surface area (Å²) in [5.74, 6) is -9.73. The van der Waals surface area contributed by atoms with E-state index in [1.807, 2.05) is 0 Å². The quantitative estimate of drug-likeness (QED) is 0.234. The summed E-state index contributed by atoms with van der Waals surface area (Å²) in [5.41, 5.74) is -19.0. The molecule has 6 nitrogen and oxygen atoms in total. The lowest BCUT2D eigenvalue weighted by Crippen LogP contribution is -2.26. The predicted octanol–water partition coefficient (Wildman–Crippen LogP) is 5.92. The van der Waals surface area contributed by atoms with Crippen molar-refractivity contribution in [3.8, 4) is 17.8 Å².